The van der Waals surface area contributed by atoms with Crippen LogP contribution in [0.4, 0.5) is 9.93 Å². The van der Waals surface area contributed by atoms with Gasteiger partial charge in [0.2, 0.25) is 11.5 Å². The highest BCUT2D eigenvalue weighted by Gasteiger charge is 2.63. The molecule has 46 heavy (non-hydrogen) atoms. The van der Waals surface area contributed by atoms with E-state index in [1.54, 1.807) is 41.5 Å². The Kier molecular flexibility index (Phi) is 9.97. The lowest BCUT2D eigenvalue weighted by Crippen LogP contribution is -2.63. The van der Waals surface area contributed by atoms with Gasteiger partial charge >= 0.3 is 26.1 Å². The van der Waals surface area contributed by atoms with Crippen molar-refractivity contribution in [2.24, 2.45) is 11.1 Å². The summed E-state index contributed by atoms with van der Waals surface area (Å²) in [4.78, 5) is 76.2. The van der Waals surface area contributed by atoms with E-state index in [0.717, 1.165) is 24.2 Å². The van der Waals surface area contributed by atoms with Crippen LogP contribution < -0.4 is 5.32 Å². The van der Waals surface area contributed by atoms with Gasteiger partial charge in [-0.15, -0.1) is 34.7 Å². The maximum absolute atomic E-state index is 13.9. The number of oxime groups is 1. The Labute approximate surface area is 281 Å². The topological polar surface area (TPSA) is 163 Å². The molecule has 1 N–H and O–H groups in total. The summed E-state index contributed by atoms with van der Waals surface area (Å²) in [6.07, 6.45) is 0.422. The molecule has 1 saturated carbocycles. The third-order valence-electron chi connectivity index (χ3n) is 6.99. The fourth-order valence-corrected chi connectivity index (χ4v) is 7.65. The van der Waals surface area contributed by atoms with E-state index in [4.69, 9.17) is 34.0 Å². The molecular formula is C29H36BClN4O9S2. The van der Waals surface area contributed by atoms with Gasteiger partial charge in [0.1, 0.15) is 22.6 Å². The van der Waals surface area contributed by atoms with E-state index in [1.807, 2.05) is 0 Å². The zero-order valence-corrected chi connectivity index (χ0v) is 29.2. The van der Waals surface area contributed by atoms with Crippen molar-refractivity contribution in [3.8, 4) is 0 Å². The number of halogens is 1. The number of ether oxygens (including phenoxy) is 2. The van der Waals surface area contributed by atoms with Crippen molar-refractivity contribution in [3.63, 3.8) is 0 Å². The van der Waals surface area contributed by atoms with Gasteiger partial charge in [-0.3, -0.25) is 19.8 Å². The van der Waals surface area contributed by atoms with Crippen molar-refractivity contribution in [1.82, 2.24) is 9.88 Å². The van der Waals surface area contributed by atoms with Crippen molar-refractivity contribution in [2.75, 3.05) is 11.2 Å². The number of carbonyl (C=O) groups excluding carboxylic acids is 5. The Morgan fingerprint density at radius 3 is 2.28 bits per heavy atom. The van der Waals surface area contributed by atoms with Gasteiger partial charge < -0.3 is 19.0 Å². The van der Waals surface area contributed by atoms with Gasteiger partial charge in [-0.1, -0.05) is 5.16 Å². The fraction of sp³-hybridized carbons (Fsp3) is 0.621. The third kappa shape index (κ3) is 7.71. The van der Waals surface area contributed by atoms with Crippen LogP contribution >= 0.6 is 34.7 Å². The van der Waals surface area contributed by atoms with Gasteiger partial charge in [0.25, 0.3) is 0 Å². The van der Waals surface area contributed by atoms with E-state index in [9.17, 15) is 24.0 Å². The molecule has 1 saturated heterocycles. The van der Waals surface area contributed by atoms with Gasteiger partial charge in [0.05, 0.1) is 11.3 Å². The molecule has 0 unspecified atom stereocenters. The highest BCUT2D eigenvalue weighted by atomic mass is 35.5. The summed E-state index contributed by atoms with van der Waals surface area (Å²) in [6.45, 7) is 13.1. The first kappa shape index (κ1) is 35.7. The number of hydrogen-bond donors (Lipinski definition) is 1. The van der Waals surface area contributed by atoms with E-state index < -0.39 is 62.6 Å². The van der Waals surface area contributed by atoms with Crippen molar-refractivity contribution < 1.29 is 42.9 Å². The molecule has 4 rings (SSSR count). The van der Waals surface area contributed by atoms with Crippen LogP contribution in [0.25, 0.3) is 0 Å². The minimum atomic E-state index is -1.60. The second kappa shape index (κ2) is 12.8. The first-order chi connectivity index (χ1) is 21.2. The second-order valence-corrected chi connectivity index (χ2v) is 16.1. The Hall–Kier alpha value is -3.11. The molecule has 3 heterocycles. The molecule has 2 amide bonds. The summed E-state index contributed by atoms with van der Waals surface area (Å²) in [5, 5.41) is 7.60. The second-order valence-electron chi connectivity index (χ2n) is 13.5. The van der Waals surface area contributed by atoms with Crippen LogP contribution in [0.2, 0.25) is 0 Å². The predicted octanol–water partition coefficient (Wildman–Crippen LogP) is 4.47. The molecule has 13 nitrogen and oxygen atoms in total. The Morgan fingerprint density at radius 2 is 1.74 bits per heavy atom. The summed E-state index contributed by atoms with van der Waals surface area (Å²) in [5.41, 5.74) is -2.82. The number of Topliss-reactive ketones (excluding diaryl/α,β-unsaturated/α-hetero) is 1. The summed E-state index contributed by atoms with van der Waals surface area (Å²) >= 11 is 8.67. The van der Waals surface area contributed by atoms with Crippen LogP contribution in [0.15, 0.2) is 21.8 Å². The molecular weight excluding hydrogens is 659 g/mol. The molecule has 1 aliphatic carbocycles. The minimum absolute atomic E-state index is 0.0149. The SMILES string of the molecule is [B]OC(=O)C1=C(CCl)C2(CC2)S[C@@H]2[C@H](CC(=O)/C(=N\OC(C)(C)C(=O)OC(C)(C)C)c3csc(NC(=O)OC(C)(C)C)n3)C(=O)N12. The predicted molar refractivity (Wildman–Crippen MR) is 172 cm³/mol. The third-order valence-corrected chi connectivity index (χ3v) is 9.91. The van der Waals surface area contributed by atoms with Gasteiger partial charge in [0, 0.05) is 22.4 Å². The smallest absolute Gasteiger partial charge is 0.413 e. The van der Waals surface area contributed by atoms with Crippen LogP contribution in [-0.4, -0.2) is 86.2 Å². The van der Waals surface area contributed by atoms with E-state index in [0.29, 0.717) is 5.57 Å². The molecule has 0 bridgehead atoms. The van der Waals surface area contributed by atoms with Crippen LogP contribution in [-0.2, 0) is 38.1 Å². The number of thioether (sulfide) groups is 1. The van der Waals surface area contributed by atoms with Crippen LogP contribution in [0, 0.1) is 5.92 Å². The number of alkyl halides is 1. The number of β-lactam (4-membered cyclic amide) rings is 1. The molecule has 2 aliphatic heterocycles. The van der Waals surface area contributed by atoms with Crippen molar-refractivity contribution in [3.05, 3.63) is 22.3 Å². The van der Waals surface area contributed by atoms with E-state index in [2.05, 4.69) is 20.1 Å². The van der Waals surface area contributed by atoms with Gasteiger partial charge in [-0.2, -0.15) is 0 Å². The van der Waals surface area contributed by atoms with Gasteiger partial charge in [0.15, 0.2) is 16.6 Å². The molecule has 17 heteroatoms. The molecule has 2 fully saturated rings. The number of rotatable bonds is 10. The van der Waals surface area contributed by atoms with Crippen molar-refractivity contribution in [2.45, 2.75) is 102 Å². The maximum Gasteiger partial charge on any atom is 0.413 e. The molecule has 3 aliphatic rings. The number of thiazole rings is 1. The standard InChI is InChI=1S/C29H36BClN4O9S2/c1-26(2,3)41-23(39)28(7,8)44-34-18(16-13-45-24(32-16)33-25(40)42-27(4,5)6)17(36)11-14-20(37)35-19(22(38)43-30)15(12-31)29(9-10-29)46-21(14)35/h13-14,21H,9-12H2,1-8H3,(H,32,33,40)/b34-18-/t14-,21-/m1/s1. The number of fused-ring (bicyclic) bond motifs is 1. The van der Waals surface area contributed by atoms with Crippen LogP contribution in [0.5, 0.6) is 0 Å². The minimum Gasteiger partial charge on any atom is -0.539 e. The number of carbonyl (C=O) groups is 5. The van der Waals surface area contributed by atoms with Crippen LogP contribution in [0.3, 0.4) is 0 Å². The number of amides is 2. The lowest BCUT2D eigenvalue weighted by Gasteiger charge is -2.52. The first-order valence-electron chi connectivity index (χ1n) is 14.4. The van der Waals surface area contributed by atoms with Crippen molar-refractivity contribution in [1.29, 1.82) is 0 Å². The molecule has 248 valence electrons. The number of hydrogen-bond acceptors (Lipinski definition) is 13. The van der Waals surface area contributed by atoms with Gasteiger partial charge in [-0.25, -0.2) is 19.4 Å². The van der Waals surface area contributed by atoms with E-state index in [1.165, 1.54) is 35.9 Å². The number of ketones is 1. The van der Waals surface area contributed by atoms with E-state index in [-0.39, 0.29) is 34.5 Å². The molecule has 1 spiro atoms. The van der Waals surface area contributed by atoms with Crippen molar-refractivity contribution >= 4 is 83.3 Å². The molecule has 1 aromatic rings. The summed E-state index contributed by atoms with van der Waals surface area (Å²) in [6, 6.07) is 0. The fourth-order valence-electron chi connectivity index (χ4n) is 4.71. The number of aromatic nitrogens is 1. The number of nitrogens with zero attached hydrogens (tertiary/aromatic N) is 3. The summed E-state index contributed by atoms with van der Waals surface area (Å²) in [7, 11) is 5.18. The maximum atomic E-state index is 13.9. The Morgan fingerprint density at radius 1 is 1.11 bits per heavy atom. The number of esters is 1. The molecule has 2 atom stereocenters. The Balaban J connectivity index is 1.61. The Bertz CT molecular complexity index is 1510. The average Bonchev–Trinajstić information content (AvgIpc) is 3.56. The highest BCUT2D eigenvalue weighted by molar-refractivity contribution is 8.01. The molecule has 1 aromatic heterocycles. The normalized spacial score (nSPS) is 20.8. The zero-order valence-electron chi connectivity index (χ0n) is 26.8. The van der Waals surface area contributed by atoms with Crippen LogP contribution in [0.1, 0.15) is 80.3 Å². The summed E-state index contributed by atoms with van der Waals surface area (Å²) < 4.78 is 14.7. The number of anilines is 1. The average molecular weight is 695 g/mol. The highest BCUT2D eigenvalue weighted by Crippen LogP contribution is 2.63. The lowest BCUT2D eigenvalue weighted by molar-refractivity contribution is -0.179. The monoisotopic (exact) mass is 694 g/mol. The first-order valence-corrected chi connectivity index (χ1v) is 16.7. The van der Waals surface area contributed by atoms with Gasteiger partial charge in [-0.05, 0) is 73.8 Å². The lowest BCUT2D eigenvalue weighted by atomic mass is 9.88. The summed E-state index contributed by atoms with van der Waals surface area (Å²) in [5.74, 6) is -3.51. The molecule has 2 radical (unpaired) electrons. The largest absolute Gasteiger partial charge is 0.539 e. The molecule has 0 aromatic carbocycles. The van der Waals surface area contributed by atoms with E-state index >= 15 is 0 Å². The quantitative estimate of drug-likeness (QED) is 0.0918. The number of nitrogens with one attached hydrogen (secondary N) is 1. The zero-order chi connectivity index (χ0) is 34.4.